The Morgan fingerprint density at radius 2 is 1.76 bits per heavy atom. The van der Waals surface area contributed by atoms with Gasteiger partial charge in [0.05, 0.1) is 12.5 Å². The van der Waals surface area contributed by atoms with Crippen molar-refractivity contribution in [2.24, 2.45) is 5.73 Å². The number of piperazine rings is 1. The lowest BCUT2D eigenvalue weighted by Gasteiger charge is -2.34. The summed E-state index contributed by atoms with van der Waals surface area (Å²) < 4.78 is 5.61. The molecule has 2 aliphatic rings. The second-order valence-corrected chi connectivity index (χ2v) is 7.24. The first kappa shape index (κ1) is 25.7. The van der Waals surface area contributed by atoms with Crippen LogP contribution in [0.2, 0.25) is 0 Å². The van der Waals surface area contributed by atoms with Crippen molar-refractivity contribution < 1.29 is 14.3 Å². The molecule has 9 heteroatoms. The molecule has 3 rings (SSSR count). The van der Waals surface area contributed by atoms with Crippen LogP contribution in [0.3, 0.4) is 0 Å². The van der Waals surface area contributed by atoms with Crippen LogP contribution in [0, 0.1) is 0 Å². The zero-order chi connectivity index (χ0) is 19.2. The second-order valence-electron chi connectivity index (χ2n) is 7.24. The molecular weight excluding hydrogens is 415 g/mol. The van der Waals surface area contributed by atoms with Gasteiger partial charge in [-0.25, -0.2) is 0 Å². The summed E-state index contributed by atoms with van der Waals surface area (Å²) in [7, 11) is 0. The number of rotatable bonds is 6. The quantitative estimate of drug-likeness (QED) is 0.693. The van der Waals surface area contributed by atoms with Crippen LogP contribution in [0.5, 0.6) is 0 Å². The van der Waals surface area contributed by atoms with Crippen molar-refractivity contribution in [2.45, 2.75) is 38.4 Å². The van der Waals surface area contributed by atoms with Crippen molar-refractivity contribution in [3.8, 4) is 0 Å². The van der Waals surface area contributed by atoms with Crippen molar-refractivity contribution in [1.29, 1.82) is 0 Å². The van der Waals surface area contributed by atoms with Gasteiger partial charge in [0.15, 0.2) is 0 Å². The van der Waals surface area contributed by atoms with E-state index in [0.717, 1.165) is 44.7 Å². The van der Waals surface area contributed by atoms with E-state index in [0.29, 0.717) is 25.1 Å². The van der Waals surface area contributed by atoms with Gasteiger partial charge in [-0.15, -0.1) is 24.8 Å². The maximum absolute atomic E-state index is 12.5. The number of amides is 2. The number of halogens is 2. The van der Waals surface area contributed by atoms with Gasteiger partial charge >= 0.3 is 0 Å². The monoisotopic (exact) mass is 446 g/mol. The Hall–Kier alpha value is -1.38. The molecule has 1 aromatic carbocycles. The van der Waals surface area contributed by atoms with E-state index in [-0.39, 0.29) is 42.7 Å². The summed E-state index contributed by atoms with van der Waals surface area (Å²) in [4.78, 5) is 29.0. The highest BCUT2D eigenvalue weighted by Crippen LogP contribution is 2.21. The Morgan fingerprint density at radius 1 is 1.10 bits per heavy atom. The second kappa shape index (κ2) is 12.3. The molecule has 2 saturated heterocycles. The van der Waals surface area contributed by atoms with Crippen LogP contribution < -0.4 is 11.1 Å². The topological polar surface area (TPSA) is 87.9 Å². The van der Waals surface area contributed by atoms with Gasteiger partial charge < -0.3 is 25.6 Å². The fourth-order valence-electron chi connectivity index (χ4n) is 3.60. The molecule has 0 saturated carbocycles. The van der Waals surface area contributed by atoms with E-state index in [9.17, 15) is 9.59 Å². The number of carbonyl (C=O) groups is 2. The Balaban J connectivity index is 0.00000210. The summed E-state index contributed by atoms with van der Waals surface area (Å²) in [5.41, 5.74) is 7.25. The normalized spacial score (nSPS) is 21.8. The van der Waals surface area contributed by atoms with Crippen molar-refractivity contribution in [2.75, 3.05) is 44.6 Å². The maximum atomic E-state index is 12.5. The van der Waals surface area contributed by atoms with Gasteiger partial charge in [0.25, 0.3) is 5.91 Å². The molecule has 2 fully saturated rings. The summed E-state index contributed by atoms with van der Waals surface area (Å²) in [6.07, 6.45) is 1.47. The number of carbonyl (C=O) groups excluding carboxylic acids is 2. The molecule has 0 unspecified atom stereocenters. The Labute approximate surface area is 185 Å². The van der Waals surface area contributed by atoms with E-state index < -0.39 is 6.10 Å². The summed E-state index contributed by atoms with van der Waals surface area (Å²) in [5, 5.41) is 2.88. The number of benzene rings is 1. The number of anilines is 1. The van der Waals surface area contributed by atoms with Gasteiger partial charge in [-0.2, -0.15) is 0 Å². The fraction of sp³-hybridized carbons (Fsp3) is 0.600. The van der Waals surface area contributed by atoms with E-state index in [1.807, 2.05) is 29.2 Å². The minimum atomic E-state index is -0.429. The molecule has 2 heterocycles. The van der Waals surface area contributed by atoms with Crippen LogP contribution in [0.4, 0.5) is 5.69 Å². The predicted molar refractivity (Wildman–Crippen MR) is 119 cm³/mol. The van der Waals surface area contributed by atoms with Gasteiger partial charge in [0, 0.05) is 38.4 Å². The molecule has 2 atom stereocenters. The molecule has 2 aliphatic heterocycles. The number of hydrogen-bond acceptors (Lipinski definition) is 5. The number of nitrogens with one attached hydrogen (secondary N) is 1. The van der Waals surface area contributed by atoms with E-state index in [4.69, 9.17) is 10.5 Å². The number of nitrogens with zero attached hydrogens (tertiary/aromatic N) is 2. The Bertz CT molecular complexity index is 652. The van der Waals surface area contributed by atoms with Gasteiger partial charge in [0.1, 0.15) is 6.10 Å². The molecule has 0 aromatic heterocycles. The molecule has 7 nitrogen and oxygen atoms in total. The highest BCUT2D eigenvalue weighted by molar-refractivity contribution is 5.94. The fourth-order valence-corrected chi connectivity index (χ4v) is 3.60. The Morgan fingerprint density at radius 3 is 2.31 bits per heavy atom. The smallest absolute Gasteiger partial charge is 0.253 e. The molecule has 0 radical (unpaired) electrons. The van der Waals surface area contributed by atoms with E-state index in [1.54, 1.807) is 0 Å². The lowest BCUT2D eigenvalue weighted by Crippen LogP contribution is -2.48. The minimum Gasteiger partial charge on any atom is -0.364 e. The molecule has 0 bridgehead atoms. The van der Waals surface area contributed by atoms with Crippen LogP contribution in [0.1, 0.15) is 25.3 Å². The van der Waals surface area contributed by atoms with Crippen LogP contribution in [-0.4, -0.2) is 73.1 Å². The van der Waals surface area contributed by atoms with Crippen LogP contribution >= 0.6 is 24.8 Å². The molecule has 0 spiro atoms. The number of likely N-dealkylation sites (N-methyl/N-ethyl adjacent to an activating group) is 1. The average Bonchev–Trinajstić information content (AvgIpc) is 3.19. The molecular formula is C20H32Cl2N4O3. The molecule has 2 amide bonds. The predicted octanol–water partition coefficient (Wildman–Crippen LogP) is 1.68. The molecule has 3 N–H and O–H groups in total. The molecule has 1 aromatic rings. The summed E-state index contributed by atoms with van der Waals surface area (Å²) in [6.45, 7) is 7.11. The standard InChI is InChI=1S/C20H30N4O3.2ClH/c1-2-23-9-11-24(12-10-23)19(25)13-15-3-5-16(6-4-15)22-20(26)18-8-7-17(14-21)27-18;;/h3-6,17-18H,2,7-14,21H2,1H3,(H,22,26);2*1H/t17-,18+;;/m1../s1. The number of nitrogens with two attached hydrogens (primary N) is 1. The van der Waals surface area contributed by atoms with Crippen molar-refractivity contribution in [1.82, 2.24) is 9.80 Å². The first-order valence-electron chi connectivity index (χ1n) is 9.84. The molecule has 0 aliphatic carbocycles. The third-order valence-corrected chi connectivity index (χ3v) is 5.41. The van der Waals surface area contributed by atoms with E-state index in [1.165, 1.54) is 0 Å². The first-order chi connectivity index (χ1) is 13.1. The SMILES string of the molecule is CCN1CCN(C(=O)Cc2ccc(NC(=O)[C@@H]3CC[C@H](CN)O3)cc2)CC1.Cl.Cl. The molecule has 29 heavy (non-hydrogen) atoms. The number of hydrogen-bond donors (Lipinski definition) is 2. The maximum Gasteiger partial charge on any atom is 0.253 e. The summed E-state index contributed by atoms with van der Waals surface area (Å²) in [5.74, 6) is 0.0262. The van der Waals surface area contributed by atoms with E-state index >= 15 is 0 Å². The highest BCUT2D eigenvalue weighted by Gasteiger charge is 2.29. The zero-order valence-corrected chi connectivity index (χ0v) is 18.5. The zero-order valence-electron chi connectivity index (χ0n) is 16.8. The highest BCUT2D eigenvalue weighted by atomic mass is 35.5. The van der Waals surface area contributed by atoms with Gasteiger partial charge in [0.2, 0.25) is 5.91 Å². The van der Waals surface area contributed by atoms with Crippen molar-refractivity contribution >= 4 is 42.3 Å². The van der Waals surface area contributed by atoms with Gasteiger partial charge in [-0.1, -0.05) is 19.1 Å². The lowest BCUT2D eigenvalue weighted by atomic mass is 10.1. The Kier molecular flexibility index (Phi) is 10.9. The third kappa shape index (κ3) is 7.12. The van der Waals surface area contributed by atoms with Gasteiger partial charge in [-0.3, -0.25) is 9.59 Å². The minimum absolute atomic E-state index is 0. The third-order valence-electron chi connectivity index (χ3n) is 5.41. The first-order valence-corrected chi connectivity index (χ1v) is 9.84. The average molecular weight is 447 g/mol. The van der Waals surface area contributed by atoms with Crippen LogP contribution in [-0.2, 0) is 20.7 Å². The van der Waals surface area contributed by atoms with Crippen molar-refractivity contribution in [3.63, 3.8) is 0 Å². The van der Waals surface area contributed by atoms with Gasteiger partial charge in [-0.05, 0) is 37.1 Å². The van der Waals surface area contributed by atoms with Crippen LogP contribution in [0.25, 0.3) is 0 Å². The van der Waals surface area contributed by atoms with E-state index in [2.05, 4.69) is 17.1 Å². The largest absolute Gasteiger partial charge is 0.364 e. The summed E-state index contributed by atoms with van der Waals surface area (Å²) in [6, 6.07) is 7.47. The van der Waals surface area contributed by atoms with Crippen LogP contribution in [0.15, 0.2) is 24.3 Å². The summed E-state index contributed by atoms with van der Waals surface area (Å²) >= 11 is 0. The number of ether oxygens (including phenoxy) is 1. The lowest BCUT2D eigenvalue weighted by molar-refractivity contribution is -0.132. The molecule has 164 valence electrons. The van der Waals surface area contributed by atoms with Crippen molar-refractivity contribution in [3.05, 3.63) is 29.8 Å².